The average Bonchev–Trinajstić information content (AvgIpc) is 2.29. The lowest BCUT2D eigenvalue weighted by Gasteiger charge is -2.34. The van der Waals surface area contributed by atoms with Crippen LogP contribution in [0.15, 0.2) is 18.2 Å². The smallest absolute Gasteiger partial charge is 0.257 e. The van der Waals surface area contributed by atoms with E-state index in [0.717, 1.165) is 13.1 Å². The van der Waals surface area contributed by atoms with Gasteiger partial charge in [0, 0.05) is 25.7 Å². The minimum Gasteiger partial charge on any atom is -0.333 e. The van der Waals surface area contributed by atoms with Crippen molar-refractivity contribution in [3.63, 3.8) is 0 Å². The molecule has 1 aromatic carbocycles. The Balaban J connectivity index is 2.30. The van der Waals surface area contributed by atoms with E-state index in [9.17, 15) is 4.79 Å². The molecule has 3 nitrogen and oxygen atoms in total. The van der Waals surface area contributed by atoms with Gasteiger partial charge in [-0.3, -0.25) is 4.79 Å². The lowest BCUT2D eigenvalue weighted by molar-refractivity contribution is 0.0656. The van der Waals surface area contributed by atoms with Gasteiger partial charge >= 0.3 is 0 Å². The van der Waals surface area contributed by atoms with Crippen LogP contribution in [0, 0.1) is 0 Å². The van der Waals surface area contributed by atoms with Crippen LogP contribution in [-0.2, 0) is 0 Å². The SMILES string of the molecule is C[C@H]1CNCCN1C(=O)c1c(Cl)cccc1Cl. The van der Waals surface area contributed by atoms with Crippen LogP contribution in [0.5, 0.6) is 0 Å². The van der Waals surface area contributed by atoms with Crippen LogP contribution >= 0.6 is 23.2 Å². The summed E-state index contributed by atoms with van der Waals surface area (Å²) in [4.78, 5) is 14.2. The molecule has 0 saturated carbocycles. The lowest BCUT2D eigenvalue weighted by atomic mass is 10.1. The van der Waals surface area contributed by atoms with E-state index in [1.807, 2.05) is 11.8 Å². The number of rotatable bonds is 1. The molecule has 1 heterocycles. The Labute approximate surface area is 111 Å². The minimum atomic E-state index is -0.0883. The van der Waals surface area contributed by atoms with Crippen molar-refractivity contribution in [2.24, 2.45) is 0 Å². The summed E-state index contributed by atoms with van der Waals surface area (Å²) in [6.45, 7) is 4.29. The first-order valence-corrected chi connectivity index (χ1v) is 6.32. The highest BCUT2D eigenvalue weighted by Crippen LogP contribution is 2.26. The van der Waals surface area contributed by atoms with Crippen LogP contribution in [0.3, 0.4) is 0 Å². The molecule has 1 saturated heterocycles. The second-order valence-electron chi connectivity index (χ2n) is 4.15. The minimum absolute atomic E-state index is 0.0883. The molecule has 1 aromatic rings. The van der Waals surface area contributed by atoms with Crippen molar-refractivity contribution < 1.29 is 4.79 Å². The van der Waals surface area contributed by atoms with Gasteiger partial charge in [0.25, 0.3) is 5.91 Å². The molecule has 0 unspecified atom stereocenters. The molecule has 2 rings (SSSR count). The maximum absolute atomic E-state index is 12.4. The van der Waals surface area contributed by atoms with E-state index in [1.54, 1.807) is 18.2 Å². The fraction of sp³-hybridized carbons (Fsp3) is 0.417. The van der Waals surface area contributed by atoms with Crippen molar-refractivity contribution >= 4 is 29.1 Å². The fourth-order valence-corrected chi connectivity index (χ4v) is 2.55. The van der Waals surface area contributed by atoms with E-state index in [0.29, 0.717) is 22.2 Å². The highest BCUT2D eigenvalue weighted by atomic mass is 35.5. The third kappa shape index (κ3) is 2.57. The molecule has 0 aliphatic carbocycles. The molecule has 0 aromatic heterocycles. The van der Waals surface area contributed by atoms with Crippen LogP contribution in [-0.4, -0.2) is 36.5 Å². The molecule has 0 spiro atoms. The molecule has 0 radical (unpaired) electrons. The predicted molar refractivity (Wildman–Crippen MR) is 69.8 cm³/mol. The first-order chi connectivity index (χ1) is 8.11. The molecule has 1 atom stereocenters. The van der Waals surface area contributed by atoms with Crippen molar-refractivity contribution in [2.45, 2.75) is 13.0 Å². The molecule has 1 aliphatic rings. The number of hydrogen-bond acceptors (Lipinski definition) is 2. The van der Waals surface area contributed by atoms with Crippen LogP contribution in [0.25, 0.3) is 0 Å². The largest absolute Gasteiger partial charge is 0.333 e. The van der Waals surface area contributed by atoms with Gasteiger partial charge in [-0.15, -0.1) is 0 Å². The quantitative estimate of drug-likeness (QED) is 0.852. The highest BCUT2D eigenvalue weighted by Gasteiger charge is 2.26. The van der Waals surface area contributed by atoms with E-state index in [-0.39, 0.29) is 11.9 Å². The predicted octanol–water partition coefficient (Wildman–Crippen LogP) is 2.43. The van der Waals surface area contributed by atoms with Crippen LogP contribution in [0.4, 0.5) is 0 Å². The Bertz CT molecular complexity index is 416. The topological polar surface area (TPSA) is 32.3 Å². The van der Waals surface area contributed by atoms with Gasteiger partial charge in [-0.05, 0) is 19.1 Å². The Morgan fingerprint density at radius 3 is 2.65 bits per heavy atom. The van der Waals surface area contributed by atoms with Crippen LogP contribution < -0.4 is 5.32 Å². The second-order valence-corrected chi connectivity index (χ2v) is 4.96. The van der Waals surface area contributed by atoms with Gasteiger partial charge in [-0.25, -0.2) is 0 Å². The first kappa shape index (κ1) is 12.7. The summed E-state index contributed by atoms with van der Waals surface area (Å²) in [7, 11) is 0. The number of benzene rings is 1. The fourth-order valence-electron chi connectivity index (χ4n) is 1.99. The number of hydrogen-bond donors (Lipinski definition) is 1. The summed E-state index contributed by atoms with van der Waals surface area (Å²) < 4.78 is 0. The Hall–Kier alpha value is -0.770. The standard InChI is InChI=1S/C12H14Cl2N2O/c1-8-7-15-5-6-16(8)12(17)11-9(13)3-2-4-10(11)14/h2-4,8,15H,5-7H2,1H3/t8-/m0/s1. The van der Waals surface area contributed by atoms with Crippen molar-refractivity contribution in [3.05, 3.63) is 33.8 Å². The number of nitrogens with zero attached hydrogens (tertiary/aromatic N) is 1. The number of piperazine rings is 1. The molecule has 1 N–H and O–H groups in total. The third-order valence-electron chi connectivity index (χ3n) is 2.94. The van der Waals surface area contributed by atoms with Crippen molar-refractivity contribution in [3.8, 4) is 0 Å². The van der Waals surface area contributed by atoms with E-state index in [4.69, 9.17) is 23.2 Å². The molecule has 17 heavy (non-hydrogen) atoms. The van der Waals surface area contributed by atoms with E-state index >= 15 is 0 Å². The lowest BCUT2D eigenvalue weighted by Crippen LogP contribution is -2.52. The summed E-state index contributed by atoms with van der Waals surface area (Å²) in [5, 5.41) is 4.06. The molecule has 5 heteroatoms. The average molecular weight is 273 g/mol. The molecule has 1 aliphatic heterocycles. The number of carbonyl (C=O) groups is 1. The van der Waals surface area contributed by atoms with Crippen molar-refractivity contribution in [1.82, 2.24) is 10.2 Å². The van der Waals surface area contributed by atoms with Gasteiger partial charge in [0.05, 0.1) is 15.6 Å². The number of halogens is 2. The molecule has 0 bridgehead atoms. The van der Waals surface area contributed by atoms with Crippen LogP contribution in [0.1, 0.15) is 17.3 Å². The summed E-state index contributed by atoms with van der Waals surface area (Å²) in [5.41, 5.74) is 0.407. The number of nitrogens with one attached hydrogen (secondary N) is 1. The normalized spacial score (nSPS) is 20.4. The van der Waals surface area contributed by atoms with Crippen molar-refractivity contribution in [2.75, 3.05) is 19.6 Å². The summed E-state index contributed by atoms with van der Waals surface area (Å²) in [6, 6.07) is 5.27. The summed E-state index contributed by atoms with van der Waals surface area (Å²) in [5.74, 6) is -0.0883. The first-order valence-electron chi connectivity index (χ1n) is 5.57. The van der Waals surface area contributed by atoms with Gasteiger partial charge in [-0.2, -0.15) is 0 Å². The third-order valence-corrected chi connectivity index (χ3v) is 3.57. The number of carbonyl (C=O) groups excluding carboxylic acids is 1. The molecule has 1 amide bonds. The van der Waals surface area contributed by atoms with E-state index in [2.05, 4.69) is 5.32 Å². The van der Waals surface area contributed by atoms with Gasteiger partial charge < -0.3 is 10.2 Å². The molecule has 92 valence electrons. The highest BCUT2D eigenvalue weighted by molar-refractivity contribution is 6.39. The Morgan fingerprint density at radius 2 is 2.06 bits per heavy atom. The number of amides is 1. The van der Waals surface area contributed by atoms with Gasteiger partial charge in [-0.1, -0.05) is 29.3 Å². The van der Waals surface area contributed by atoms with Crippen LogP contribution in [0.2, 0.25) is 10.0 Å². The zero-order chi connectivity index (χ0) is 12.4. The zero-order valence-corrected chi connectivity index (χ0v) is 11.1. The van der Waals surface area contributed by atoms with Gasteiger partial charge in [0.15, 0.2) is 0 Å². The van der Waals surface area contributed by atoms with Gasteiger partial charge in [0.2, 0.25) is 0 Å². The maximum atomic E-state index is 12.4. The zero-order valence-electron chi connectivity index (χ0n) is 9.54. The molecular weight excluding hydrogens is 259 g/mol. The van der Waals surface area contributed by atoms with Crippen molar-refractivity contribution in [1.29, 1.82) is 0 Å². The monoisotopic (exact) mass is 272 g/mol. The Morgan fingerprint density at radius 1 is 1.41 bits per heavy atom. The van der Waals surface area contributed by atoms with E-state index in [1.165, 1.54) is 0 Å². The maximum Gasteiger partial charge on any atom is 0.257 e. The summed E-state index contributed by atoms with van der Waals surface area (Å²) >= 11 is 12.1. The summed E-state index contributed by atoms with van der Waals surface area (Å²) in [6.07, 6.45) is 0. The van der Waals surface area contributed by atoms with Gasteiger partial charge in [0.1, 0.15) is 0 Å². The molecule has 1 fully saturated rings. The van der Waals surface area contributed by atoms with E-state index < -0.39 is 0 Å². The molecular formula is C12H14Cl2N2O. The Kier molecular flexibility index (Phi) is 3.92. The second kappa shape index (κ2) is 5.25.